The molecule has 4 nitrogen and oxygen atoms in total. The van der Waals surface area contributed by atoms with E-state index in [0.29, 0.717) is 5.02 Å². The Morgan fingerprint density at radius 3 is 2.40 bits per heavy atom. The number of ether oxygens (including phenoxy) is 2. The number of halogens is 4. The first-order chi connectivity index (χ1) is 11.9. The lowest BCUT2D eigenvalue weighted by Crippen LogP contribution is -2.16. The van der Waals surface area contributed by atoms with Crippen molar-refractivity contribution in [3.8, 4) is 22.6 Å². The van der Waals surface area contributed by atoms with E-state index in [1.165, 1.54) is 36.4 Å². The number of alkyl halides is 3. The smallest absolute Gasteiger partial charge is 0.450 e. The molecule has 8 heteroatoms. The number of fused-ring (bicyclic) bond motifs is 3. The maximum Gasteiger partial charge on any atom is 0.450 e. The Morgan fingerprint density at radius 2 is 1.72 bits per heavy atom. The van der Waals surface area contributed by atoms with Crippen LogP contribution in [0.3, 0.4) is 0 Å². The van der Waals surface area contributed by atoms with Crippen molar-refractivity contribution in [3.63, 3.8) is 0 Å². The lowest BCUT2D eigenvalue weighted by atomic mass is 10.0. The number of hydrogen-bond acceptors (Lipinski definition) is 4. The summed E-state index contributed by atoms with van der Waals surface area (Å²) in [5, 5.41) is 0.313. The van der Waals surface area contributed by atoms with Gasteiger partial charge in [0.25, 0.3) is 0 Å². The predicted molar refractivity (Wildman–Crippen MR) is 84.1 cm³/mol. The average molecular weight is 369 g/mol. The minimum absolute atomic E-state index is 0.0113. The summed E-state index contributed by atoms with van der Waals surface area (Å²) in [4.78, 5) is 12.8. The molecule has 0 bridgehead atoms. The molecule has 25 heavy (non-hydrogen) atoms. The van der Waals surface area contributed by atoms with Crippen LogP contribution >= 0.6 is 11.6 Å². The summed E-state index contributed by atoms with van der Waals surface area (Å²) in [7, 11) is 0. The van der Waals surface area contributed by atoms with E-state index in [1.807, 2.05) is 0 Å². The Balaban J connectivity index is 2.11. The monoisotopic (exact) mass is 368 g/mol. The number of hydrogen-bond donors (Lipinski definition) is 0. The van der Waals surface area contributed by atoms with E-state index >= 15 is 0 Å². The first kappa shape index (κ1) is 15.8. The number of rotatable bonds is 1. The Kier molecular flexibility index (Phi) is 3.43. The summed E-state index contributed by atoms with van der Waals surface area (Å²) in [6.07, 6.45) is -4.87. The van der Waals surface area contributed by atoms with Crippen molar-refractivity contribution in [2.75, 3.05) is 6.79 Å². The summed E-state index contributed by atoms with van der Waals surface area (Å²) in [6.45, 7) is -0.154. The van der Waals surface area contributed by atoms with Gasteiger partial charge in [0.2, 0.25) is 23.7 Å². The highest BCUT2D eigenvalue weighted by atomic mass is 35.5. The Labute approximate surface area is 143 Å². The van der Waals surface area contributed by atoms with Crippen LogP contribution in [0.2, 0.25) is 5.02 Å². The molecule has 4 rings (SSSR count). The van der Waals surface area contributed by atoms with Gasteiger partial charge in [0, 0.05) is 5.02 Å². The quantitative estimate of drug-likeness (QED) is 0.615. The fourth-order valence-corrected chi connectivity index (χ4v) is 2.82. The second kappa shape index (κ2) is 5.42. The average Bonchev–Trinajstić information content (AvgIpc) is 3.04. The van der Waals surface area contributed by atoms with Crippen LogP contribution in [0.1, 0.15) is 5.76 Å². The van der Waals surface area contributed by atoms with E-state index in [2.05, 4.69) is 0 Å². The molecule has 1 aromatic heterocycles. The van der Waals surface area contributed by atoms with Crippen molar-refractivity contribution in [2.45, 2.75) is 6.18 Å². The van der Waals surface area contributed by atoms with Crippen LogP contribution in [0.4, 0.5) is 13.2 Å². The topological polar surface area (TPSA) is 48.7 Å². The van der Waals surface area contributed by atoms with Crippen molar-refractivity contribution in [3.05, 3.63) is 57.4 Å². The highest BCUT2D eigenvalue weighted by Crippen LogP contribution is 2.43. The fraction of sp³-hybridized carbons (Fsp3) is 0.118. The summed E-state index contributed by atoms with van der Waals surface area (Å²) < 4.78 is 56.0. The largest absolute Gasteiger partial charge is 0.453 e. The summed E-state index contributed by atoms with van der Waals surface area (Å²) in [6, 6.07) is 8.29. The highest BCUT2D eigenvalue weighted by Gasteiger charge is 2.40. The van der Waals surface area contributed by atoms with E-state index in [4.69, 9.17) is 25.5 Å². The third kappa shape index (κ3) is 2.51. The molecule has 0 atom stereocenters. The van der Waals surface area contributed by atoms with Crippen LogP contribution in [-0.4, -0.2) is 6.79 Å². The molecule has 0 aliphatic carbocycles. The second-order valence-electron chi connectivity index (χ2n) is 5.32. The minimum Gasteiger partial charge on any atom is -0.453 e. The van der Waals surface area contributed by atoms with Crippen molar-refractivity contribution in [1.29, 1.82) is 0 Å². The molecule has 2 heterocycles. The molecule has 128 valence electrons. The van der Waals surface area contributed by atoms with Crippen LogP contribution in [-0.2, 0) is 6.18 Å². The molecule has 0 saturated carbocycles. The first-order valence-electron chi connectivity index (χ1n) is 7.09. The van der Waals surface area contributed by atoms with Crippen molar-refractivity contribution in [1.82, 2.24) is 0 Å². The van der Waals surface area contributed by atoms with Crippen molar-refractivity contribution >= 4 is 22.6 Å². The van der Waals surface area contributed by atoms with Crippen molar-refractivity contribution in [2.24, 2.45) is 0 Å². The van der Waals surface area contributed by atoms with Gasteiger partial charge in [0.1, 0.15) is 0 Å². The van der Waals surface area contributed by atoms with Gasteiger partial charge >= 0.3 is 6.18 Å². The van der Waals surface area contributed by atoms with Gasteiger partial charge in [-0.25, -0.2) is 0 Å². The highest BCUT2D eigenvalue weighted by molar-refractivity contribution is 6.30. The second-order valence-corrected chi connectivity index (χ2v) is 5.75. The van der Waals surface area contributed by atoms with Crippen LogP contribution in [0.5, 0.6) is 11.5 Å². The van der Waals surface area contributed by atoms with E-state index in [9.17, 15) is 18.0 Å². The zero-order valence-electron chi connectivity index (χ0n) is 12.3. The SMILES string of the molecule is O=c1c(-c2ccc(Cl)cc2)c(C(F)(F)F)oc2c3c(ccc12)OCO3. The van der Waals surface area contributed by atoms with E-state index in [0.717, 1.165) is 0 Å². The van der Waals surface area contributed by atoms with Crippen LogP contribution in [0.25, 0.3) is 22.1 Å². The normalized spacial score (nSPS) is 13.4. The third-order valence-electron chi connectivity index (χ3n) is 3.79. The van der Waals surface area contributed by atoms with Gasteiger partial charge in [-0.2, -0.15) is 13.2 Å². The Morgan fingerprint density at radius 1 is 1.00 bits per heavy atom. The molecule has 1 aliphatic heterocycles. The minimum atomic E-state index is -4.87. The zero-order valence-corrected chi connectivity index (χ0v) is 13.1. The first-order valence-corrected chi connectivity index (χ1v) is 7.46. The summed E-state index contributed by atoms with van der Waals surface area (Å²) >= 11 is 5.77. The van der Waals surface area contributed by atoms with Gasteiger partial charge in [-0.05, 0) is 29.8 Å². The van der Waals surface area contributed by atoms with E-state index < -0.39 is 22.9 Å². The summed E-state index contributed by atoms with van der Waals surface area (Å²) in [5.74, 6) is -1.18. The van der Waals surface area contributed by atoms with Gasteiger partial charge in [-0.15, -0.1) is 0 Å². The van der Waals surface area contributed by atoms with Gasteiger partial charge in [0.05, 0.1) is 10.9 Å². The molecule has 0 N–H and O–H groups in total. The van der Waals surface area contributed by atoms with Gasteiger partial charge in [-0.3, -0.25) is 4.79 Å². The lowest BCUT2D eigenvalue weighted by Gasteiger charge is -2.13. The molecule has 3 aromatic rings. The molecule has 2 aromatic carbocycles. The van der Waals surface area contributed by atoms with Crippen LogP contribution in [0.15, 0.2) is 45.6 Å². The molecular weight excluding hydrogens is 361 g/mol. The Bertz CT molecular complexity index is 1040. The molecule has 0 spiro atoms. The van der Waals surface area contributed by atoms with Crippen LogP contribution in [0, 0.1) is 0 Å². The lowest BCUT2D eigenvalue weighted by molar-refractivity contribution is -0.152. The molecule has 1 aliphatic rings. The molecule has 0 saturated heterocycles. The van der Waals surface area contributed by atoms with E-state index in [1.54, 1.807) is 0 Å². The predicted octanol–water partition coefficient (Wildman–Crippen LogP) is 4.86. The fourth-order valence-electron chi connectivity index (χ4n) is 2.70. The van der Waals surface area contributed by atoms with Gasteiger partial charge in [-0.1, -0.05) is 23.7 Å². The third-order valence-corrected chi connectivity index (χ3v) is 4.04. The van der Waals surface area contributed by atoms with Crippen LogP contribution < -0.4 is 14.9 Å². The maximum absolute atomic E-state index is 13.5. The van der Waals surface area contributed by atoms with Gasteiger partial charge < -0.3 is 13.9 Å². The Hall–Kier alpha value is -2.67. The molecule has 0 unspecified atom stereocenters. The summed E-state index contributed by atoms with van der Waals surface area (Å²) in [5.41, 5.74) is -1.61. The van der Waals surface area contributed by atoms with Crippen molar-refractivity contribution < 1.29 is 27.1 Å². The zero-order chi connectivity index (χ0) is 17.8. The maximum atomic E-state index is 13.5. The molecule has 0 amide bonds. The molecule has 0 radical (unpaired) electrons. The molecule has 0 fully saturated rings. The van der Waals surface area contributed by atoms with Gasteiger partial charge in [0.15, 0.2) is 11.3 Å². The molecular formula is C17H8ClF3O4. The number of benzene rings is 2. The standard InChI is InChI=1S/C17H8ClF3O4/c18-9-3-1-8(2-4-9)12-13(22)10-5-6-11-15(24-7-23-11)14(10)25-16(12)17(19,20)21/h1-6H,7H2. The van der Waals surface area contributed by atoms with E-state index in [-0.39, 0.29) is 34.8 Å².